The molecule has 2 atom stereocenters. The van der Waals surface area contributed by atoms with Crippen LogP contribution >= 0.6 is 0 Å². The van der Waals surface area contributed by atoms with Crippen molar-refractivity contribution >= 4 is 5.97 Å². The van der Waals surface area contributed by atoms with E-state index in [1.54, 1.807) is 0 Å². The standard InChI is InChI=1S/C14H15F3O4/c15-14(16,17)21-12-7-2-1-6-11(12)20-10-5-3-4-9(8-10)13(18)19/h1-2,6-7,9-10H,3-5,8H2,(H,18,19). The van der Waals surface area contributed by atoms with Gasteiger partial charge in [0.1, 0.15) is 0 Å². The van der Waals surface area contributed by atoms with Gasteiger partial charge in [-0.2, -0.15) is 0 Å². The average Bonchev–Trinajstić information content (AvgIpc) is 2.40. The van der Waals surface area contributed by atoms with Crippen LogP contribution in [0.5, 0.6) is 11.5 Å². The molecule has 0 saturated heterocycles. The number of rotatable bonds is 4. The molecular formula is C14H15F3O4. The molecule has 0 amide bonds. The van der Waals surface area contributed by atoms with Crippen LogP contribution in [0.15, 0.2) is 24.3 Å². The lowest BCUT2D eigenvalue weighted by Gasteiger charge is -2.28. The molecule has 0 aliphatic heterocycles. The molecular weight excluding hydrogens is 289 g/mol. The zero-order valence-electron chi connectivity index (χ0n) is 11.1. The van der Waals surface area contributed by atoms with E-state index in [9.17, 15) is 18.0 Å². The zero-order chi connectivity index (χ0) is 15.5. The van der Waals surface area contributed by atoms with Gasteiger partial charge in [-0.05, 0) is 37.8 Å². The maximum atomic E-state index is 12.3. The van der Waals surface area contributed by atoms with Crippen LogP contribution in [0.2, 0.25) is 0 Å². The Bertz CT molecular complexity index is 501. The second kappa shape index (κ2) is 6.24. The summed E-state index contributed by atoms with van der Waals surface area (Å²) in [6.07, 6.45) is -3.08. The van der Waals surface area contributed by atoms with Crippen molar-refractivity contribution in [3.63, 3.8) is 0 Å². The lowest BCUT2D eigenvalue weighted by molar-refractivity contribution is -0.275. The summed E-state index contributed by atoms with van der Waals surface area (Å²) in [5, 5.41) is 9.00. The van der Waals surface area contributed by atoms with E-state index in [0.29, 0.717) is 19.3 Å². The van der Waals surface area contributed by atoms with E-state index >= 15 is 0 Å². The average molecular weight is 304 g/mol. The lowest BCUT2D eigenvalue weighted by atomic mass is 9.87. The molecule has 0 bridgehead atoms. The Morgan fingerprint density at radius 2 is 1.86 bits per heavy atom. The number of carboxylic acids is 1. The molecule has 2 unspecified atom stereocenters. The molecule has 0 radical (unpaired) electrons. The molecule has 1 aliphatic rings. The quantitative estimate of drug-likeness (QED) is 0.923. The SMILES string of the molecule is O=C(O)C1CCCC(Oc2ccccc2OC(F)(F)F)C1. The second-order valence-electron chi connectivity index (χ2n) is 4.94. The highest BCUT2D eigenvalue weighted by Gasteiger charge is 2.33. The van der Waals surface area contributed by atoms with Crippen LogP contribution in [0, 0.1) is 5.92 Å². The van der Waals surface area contributed by atoms with Gasteiger partial charge in [-0.15, -0.1) is 13.2 Å². The van der Waals surface area contributed by atoms with E-state index < -0.39 is 30.1 Å². The number of ether oxygens (including phenoxy) is 2. The molecule has 116 valence electrons. The molecule has 0 heterocycles. The van der Waals surface area contributed by atoms with Crippen LogP contribution in [0.1, 0.15) is 25.7 Å². The number of para-hydroxylation sites is 2. The molecule has 1 fully saturated rings. The fraction of sp³-hybridized carbons (Fsp3) is 0.500. The third-order valence-electron chi connectivity index (χ3n) is 3.34. The summed E-state index contributed by atoms with van der Waals surface area (Å²) >= 11 is 0. The van der Waals surface area contributed by atoms with Crippen molar-refractivity contribution in [3.8, 4) is 11.5 Å². The monoisotopic (exact) mass is 304 g/mol. The molecule has 1 aliphatic carbocycles. The minimum Gasteiger partial charge on any atom is -0.487 e. The van der Waals surface area contributed by atoms with Gasteiger partial charge in [0.2, 0.25) is 0 Å². The highest BCUT2D eigenvalue weighted by molar-refractivity contribution is 5.70. The minimum absolute atomic E-state index is 0.0223. The number of hydrogen-bond acceptors (Lipinski definition) is 3. The summed E-state index contributed by atoms with van der Waals surface area (Å²) in [5.74, 6) is -1.85. The summed E-state index contributed by atoms with van der Waals surface area (Å²) in [5.41, 5.74) is 0. The summed E-state index contributed by atoms with van der Waals surface area (Å²) in [7, 11) is 0. The van der Waals surface area contributed by atoms with Gasteiger partial charge < -0.3 is 14.6 Å². The number of aliphatic carboxylic acids is 1. The van der Waals surface area contributed by atoms with E-state index in [2.05, 4.69) is 4.74 Å². The number of alkyl halides is 3. The third kappa shape index (κ3) is 4.54. The van der Waals surface area contributed by atoms with E-state index in [-0.39, 0.29) is 12.2 Å². The summed E-state index contributed by atoms with van der Waals surface area (Å²) in [6.45, 7) is 0. The number of benzene rings is 1. The van der Waals surface area contributed by atoms with Gasteiger partial charge in [-0.1, -0.05) is 12.1 Å². The second-order valence-corrected chi connectivity index (χ2v) is 4.94. The Morgan fingerprint density at radius 3 is 2.48 bits per heavy atom. The van der Waals surface area contributed by atoms with Gasteiger partial charge in [0.25, 0.3) is 0 Å². The first-order valence-electron chi connectivity index (χ1n) is 6.59. The molecule has 7 heteroatoms. The minimum atomic E-state index is -4.80. The van der Waals surface area contributed by atoms with Crippen LogP contribution in [-0.4, -0.2) is 23.5 Å². The van der Waals surface area contributed by atoms with Crippen LogP contribution < -0.4 is 9.47 Å². The Balaban J connectivity index is 2.07. The summed E-state index contributed by atoms with van der Waals surface area (Å²) in [4.78, 5) is 11.0. The van der Waals surface area contributed by atoms with Crippen molar-refractivity contribution in [1.29, 1.82) is 0 Å². The highest BCUT2D eigenvalue weighted by Crippen LogP contribution is 2.35. The Labute approximate surface area is 119 Å². The van der Waals surface area contributed by atoms with Gasteiger partial charge in [0, 0.05) is 0 Å². The predicted octanol–water partition coefficient (Wildman–Crippen LogP) is 3.61. The van der Waals surface area contributed by atoms with Gasteiger partial charge >= 0.3 is 12.3 Å². The van der Waals surface area contributed by atoms with Crippen molar-refractivity contribution in [2.75, 3.05) is 0 Å². The Kier molecular flexibility index (Phi) is 4.59. The van der Waals surface area contributed by atoms with Gasteiger partial charge in [-0.25, -0.2) is 0 Å². The molecule has 1 saturated carbocycles. The van der Waals surface area contributed by atoms with Crippen LogP contribution in [-0.2, 0) is 4.79 Å². The first-order chi connectivity index (χ1) is 9.85. The van der Waals surface area contributed by atoms with E-state index in [0.717, 1.165) is 0 Å². The number of carboxylic acid groups (broad SMARTS) is 1. The van der Waals surface area contributed by atoms with E-state index in [1.807, 2.05) is 0 Å². The topological polar surface area (TPSA) is 55.8 Å². The van der Waals surface area contributed by atoms with Gasteiger partial charge in [0.15, 0.2) is 11.5 Å². The van der Waals surface area contributed by atoms with Crippen molar-refractivity contribution in [2.24, 2.45) is 5.92 Å². The molecule has 0 spiro atoms. The van der Waals surface area contributed by atoms with Crippen LogP contribution in [0.25, 0.3) is 0 Å². The van der Waals surface area contributed by atoms with Crippen LogP contribution in [0.3, 0.4) is 0 Å². The highest BCUT2D eigenvalue weighted by atomic mass is 19.4. The molecule has 0 aromatic heterocycles. The maximum absolute atomic E-state index is 12.3. The van der Waals surface area contributed by atoms with E-state index in [1.165, 1.54) is 24.3 Å². The summed E-state index contributed by atoms with van der Waals surface area (Å²) < 4.78 is 46.4. The molecule has 1 N–H and O–H groups in total. The van der Waals surface area contributed by atoms with Crippen LogP contribution in [0.4, 0.5) is 13.2 Å². The zero-order valence-corrected chi connectivity index (χ0v) is 11.1. The maximum Gasteiger partial charge on any atom is 0.573 e. The number of hydrogen-bond donors (Lipinski definition) is 1. The largest absolute Gasteiger partial charge is 0.573 e. The molecule has 21 heavy (non-hydrogen) atoms. The summed E-state index contributed by atoms with van der Waals surface area (Å²) in [6, 6.07) is 5.50. The fourth-order valence-electron chi connectivity index (χ4n) is 2.41. The van der Waals surface area contributed by atoms with Crippen molar-refractivity contribution in [3.05, 3.63) is 24.3 Å². The third-order valence-corrected chi connectivity index (χ3v) is 3.34. The molecule has 1 aromatic rings. The number of carbonyl (C=O) groups is 1. The lowest BCUT2D eigenvalue weighted by Crippen LogP contribution is -2.29. The smallest absolute Gasteiger partial charge is 0.487 e. The first-order valence-corrected chi connectivity index (χ1v) is 6.59. The molecule has 4 nitrogen and oxygen atoms in total. The van der Waals surface area contributed by atoms with Crippen molar-refractivity contribution < 1.29 is 32.5 Å². The van der Waals surface area contributed by atoms with Crippen molar-refractivity contribution in [2.45, 2.75) is 38.1 Å². The van der Waals surface area contributed by atoms with Gasteiger partial charge in [-0.3, -0.25) is 4.79 Å². The van der Waals surface area contributed by atoms with E-state index in [4.69, 9.17) is 9.84 Å². The molecule has 1 aromatic carbocycles. The van der Waals surface area contributed by atoms with Gasteiger partial charge in [0.05, 0.1) is 12.0 Å². The number of halogens is 3. The normalized spacial score (nSPS) is 22.6. The fourth-order valence-corrected chi connectivity index (χ4v) is 2.41. The molecule has 2 rings (SSSR count). The Morgan fingerprint density at radius 1 is 1.19 bits per heavy atom. The predicted molar refractivity (Wildman–Crippen MR) is 67.1 cm³/mol. The first kappa shape index (κ1) is 15.5. The van der Waals surface area contributed by atoms with Crippen molar-refractivity contribution in [1.82, 2.24) is 0 Å². The Hall–Kier alpha value is -1.92.